The molecular weight excluding hydrogens is 349 g/mol. The topological polar surface area (TPSA) is 82.5 Å². The molecule has 0 radical (unpaired) electrons. The van der Waals surface area contributed by atoms with Crippen molar-refractivity contribution >= 4 is 16.9 Å². The second-order valence-corrected chi connectivity index (χ2v) is 6.72. The van der Waals surface area contributed by atoms with Crippen molar-refractivity contribution in [2.24, 2.45) is 11.7 Å². The molecule has 0 aliphatic rings. The molecule has 0 fully saturated rings. The lowest BCUT2D eigenvalue weighted by Crippen LogP contribution is -2.38. The summed E-state index contributed by atoms with van der Waals surface area (Å²) in [5.74, 6) is -0.349. The molecule has 0 saturated carbocycles. The van der Waals surface area contributed by atoms with E-state index >= 15 is 0 Å². The molecule has 1 aromatic heterocycles. The summed E-state index contributed by atoms with van der Waals surface area (Å²) in [6, 6.07) is 9.45. The first kappa shape index (κ1) is 18.8. The highest BCUT2D eigenvalue weighted by Crippen LogP contribution is 2.26. The van der Waals surface area contributed by atoms with E-state index in [0.717, 1.165) is 0 Å². The van der Waals surface area contributed by atoms with Gasteiger partial charge in [0.25, 0.3) is 0 Å². The van der Waals surface area contributed by atoms with Gasteiger partial charge in [-0.2, -0.15) is 0 Å². The zero-order chi connectivity index (χ0) is 19.7. The number of benzene rings is 2. The fourth-order valence-electron chi connectivity index (χ4n) is 2.76. The van der Waals surface area contributed by atoms with Crippen LogP contribution in [0.1, 0.15) is 19.6 Å². The lowest BCUT2D eigenvalue weighted by molar-refractivity contribution is -0.136. The van der Waals surface area contributed by atoms with Gasteiger partial charge in [0.15, 0.2) is 0 Å². The molecule has 0 saturated heterocycles. The Morgan fingerprint density at radius 1 is 1.15 bits per heavy atom. The van der Waals surface area contributed by atoms with Crippen molar-refractivity contribution in [2.45, 2.75) is 26.8 Å². The Bertz CT molecular complexity index is 1050. The van der Waals surface area contributed by atoms with E-state index < -0.39 is 12.0 Å². The van der Waals surface area contributed by atoms with Crippen LogP contribution in [0.15, 0.2) is 51.7 Å². The van der Waals surface area contributed by atoms with Crippen molar-refractivity contribution in [2.75, 3.05) is 0 Å². The molecule has 2 N–H and O–H groups in total. The first-order chi connectivity index (χ1) is 12.8. The third-order valence-corrected chi connectivity index (χ3v) is 4.38. The quantitative estimate of drug-likeness (QED) is 0.559. The Labute approximate surface area is 155 Å². The van der Waals surface area contributed by atoms with Crippen LogP contribution in [0.2, 0.25) is 0 Å². The van der Waals surface area contributed by atoms with Gasteiger partial charge in [-0.1, -0.05) is 26.0 Å². The molecule has 1 atom stereocenters. The molecule has 2 aromatic carbocycles. The number of hydrogen-bond acceptors (Lipinski definition) is 5. The largest absolute Gasteiger partial charge is 0.460 e. The summed E-state index contributed by atoms with van der Waals surface area (Å²) in [4.78, 5) is 24.9. The molecule has 140 valence electrons. The van der Waals surface area contributed by atoms with E-state index in [4.69, 9.17) is 14.9 Å². The molecule has 6 heteroatoms. The molecule has 0 aliphatic heterocycles. The van der Waals surface area contributed by atoms with Crippen LogP contribution < -0.4 is 15.9 Å². The van der Waals surface area contributed by atoms with Crippen LogP contribution >= 0.6 is 0 Å². The molecule has 0 unspecified atom stereocenters. The average molecular weight is 369 g/mol. The number of carbonyl (C=O) groups is 1. The maximum atomic E-state index is 13.2. The maximum Gasteiger partial charge on any atom is 0.328 e. The van der Waals surface area contributed by atoms with Crippen molar-refractivity contribution < 1.29 is 18.3 Å². The predicted molar refractivity (Wildman–Crippen MR) is 101 cm³/mol. The van der Waals surface area contributed by atoms with Crippen LogP contribution in [-0.2, 0) is 4.79 Å². The van der Waals surface area contributed by atoms with E-state index in [2.05, 4.69) is 0 Å². The van der Waals surface area contributed by atoms with Gasteiger partial charge in [-0.25, -0.2) is 9.18 Å². The highest BCUT2D eigenvalue weighted by Gasteiger charge is 2.20. The minimum absolute atomic E-state index is 0.0589. The first-order valence-corrected chi connectivity index (χ1v) is 8.58. The molecule has 3 aromatic rings. The number of carbonyl (C=O) groups excluding carboxylic acids is 1. The summed E-state index contributed by atoms with van der Waals surface area (Å²) in [5, 5.41) is 0.341. The number of esters is 1. The molecule has 5 nitrogen and oxygen atoms in total. The van der Waals surface area contributed by atoms with E-state index in [1.807, 2.05) is 13.8 Å². The normalized spacial score (nSPS) is 12.4. The van der Waals surface area contributed by atoms with Gasteiger partial charge >= 0.3 is 5.97 Å². The predicted octanol–water partition coefficient (Wildman–Crippen LogP) is 3.80. The van der Waals surface area contributed by atoms with Crippen molar-refractivity contribution in [1.82, 2.24) is 0 Å². The van der Waals surface area contributed by atoms with E-state index in [-0.39, 0.29) is 22.9 Å². The molecule has 0 spiro atoms. The highest BCUT2D eigenvalue weighted by molar-refractivity contribution is 5.85. The van der Waals surface area contributed by atoms with Gasteiger partial charge in [0.1, 0.15) is 29.0 Å². The minimum atomic E-state index is -0.740. The highest BCUT2D eigenvalue weighted by atomic mass is 19.1. The van der Waals surface area contributed by atoms with Crippen molar-refractivity contribution in [3.63, 3.8) is 0 Å². The number of fused-ring (bicyclic) bond motifs is 1. The summed E-state index contributed by atoms with van der Waals surface area (Å²) >= 11 is 0. The third kappa shape index (κ3) is 3.75. The fourth-order valence-corrected chi connectivity index (χ4v) is 2.76. The molecule has 3 rings (SSSR count). The smallest absolute Gasteiger partial charge is 0.328 e. The molecule has 27 heavy (non-hydrogen) atoms. The Balaban J connectivity index is 2.02. The average Bonchev–Trinajstić information content (AvgIpc) is 2.62. The number of nitrogens with two attached hydrogens (primary N) is 1. The fraction of sp³-hybridized carbons (Fsp3) is 0.238. The summed E-state index contributed by atoms with van der Waals surface area (Å²) in [6.07, 6.45) is 0. The van der Waals surface area contributed by atoms with E-state index in [0.29, 0.717) is 27.9 Å². The molecule has 0 bridgehead atoms. The van der Waals surface area contributed by atoms with Gasteiger partial charge in [-0.3, -0.25) is 4.79 Å². The summed E-state index contributed by atoms with van der Waals surface area (Å²) in [7, 11) is 0. The number of rotatable bonds is 4. The van der Waals surface area contributed by atoms with E-state index in [9.17, 15) is 14.0 Å². The number of hydrogen-bond donors (Lipinski definition) is 1. The number of aryl methyl sites for hydroxylation is 1. The van der Waals surface area contributed by atoms with Gasteiger partial charge in [-0.05, 0) is 42.7 Å². The van der Waals surface area contributed by atoms with Gasteiger partial charge in [0, 0.05) is 6.07 Å². The lowest BCUT2D eigenvalue weighted by atomic mass is 10.0. The SMILES string of the molecule is Cc1oc2cc(OC(=O)[C@@H](N)C(C)C)ccc2c(=O)c1-c1ccc(F)cc1. The lowest BCUT2D eigenvalue weighted by Gasteiger charge is -2.14. The van der Waals surface area contributed by atoms with Crippen molar-refractivity contribution in [3.05, 3.63) is 64.3 Å². The Morgan fingerprint density at radius 2 is 1.81 bits per heavy atom. The number of halogens is 1. The molecule has 0 aliphatic carbocycles. The molecular formula is C21H20FNO4. The van der Waals surface area contributed by atoms with Crippen LogP contribution in [0.25, 0.3) is 22.1 Å². The van der Waals surface area contributed by atoms with Gasteiger partial charge in [0.05, 0.1) is 10.9 Å². The van der Waals surface area contributed by atoms with Crippen molar-refractivity contribution in [1.29, 1.82) is 0 Å². The van der Waals surface area contributed by atoms with Gasteiger partial charge in [0.2, 0.25) is 5.43 Å². The Hall–Kier alpha value is -2.99. The minimum Gasteiger partial charge on any atom is -0.460 e. The van der Waals surface area contributed by atoms with E-state index in [1.54, 1.807) is 6.92 Å². The van der Waals surface area contributed by atoms with Gasteiger partial charge < -0.3 is 14.9 Å². The zero-order valence-corrected chi connectivity index (χ0v) is 15.3. The third-order valence-electron chi connectivity index (χ3n) is 4.38. The number of ether oxygens (including phenoxy) is 1. The second-order valence-electron chi connectivity index (χ2n) is 6.72. The van der Waals surface area contributed by atoms with Crippen molar-refractivity contribution in [3.8, 4) is 16.9 Å². The van der Waals surface area contributed by atoms with Crippen LogP contribution in [0.3, 0.4) is 0 Å². The monoisotopic (exact) mass is 369 g/mol. The summed E-state index contributed by atoms with van der Waals surface area (Å²) in [6.45, 7) is 5.31. The Morgan fingerprint density at radius 3 is 2.44 bits per heavy atom. The van der Waals surface area contributed by atoms with Crippen LogP contribution in [0, 0.1) is 18.7 Å². The standard InChI is InChI=1S/C21H20FNO4/c1-11(2)19(23)21(25)27-15-8-9-16-17(10-15)26-12(3)18(20(16)24)13-4-6-14(22)7-5-13/h4-11,19H,23H2,1-3H3/t19-/m0/s1. The first-order valence-electron chi connectivity index (χ1n) is 8.58. The van der Waals surface area contributed by atoms with Crippen LogP contribution in [0.4, 0.5) is 4.39 Å². The summed E-state index contributed by atoms with van der Waals surface area (Å²) in [5.41, 5.74) is 6.79. The molecule has 1 heterocycles. The van der Waals surface area contributed by atoms with Crippen LogP contribution in [0.5, 0.6) is 5.75 Å². The Kier molecular flexibility index (Phi) is 5.10. The second kappa shape index (κ2) is 7.32. The summed E-state index contributed by atoms with van der Waals surface area (Å²) < 4.78 is 24.2. The molecule has 0 amide bonds. The van der Waals surface area contributed by atoms with Gasteiger partial charge in [-0.15, -0.1) is 0 Å². The van der Waals surface area contributed by atoms with E-state index in [1.165, 1.54) is 42.5 Å². The van der Waals surface area contributed by atoms with Crippen LogP contribution in [-0.4, -0.2) is 12.0 Å². The zero-order valence-electron chi connectivity index (χ0n) is 15.3. The maximum absolute atomic E-state index is 13.2.